The maximum atomic E-state index is 12.9. The first-order valence-corrected chi connectivity index (χ1v) is 11.8. The fourth-order valence-electron chi connectivity index (χ4n) is 4.48. The SMILES string of the molecule is CC1CCN(C(CNC(=O)C2CC(=O)N(Cc3ccccc3)C2)c2cccs2)CC1. The van der Waals surface area contributed by atoms with Crippen LogP contribution in [0.5, 0.6) is 0 Å². The number of hydrogen-bond acceptors (Lipinski definition) is 4. The van der Waals surface area contributed by atoms with Gasteiger partial charge in [0.05, 0.1) is 12.0 Å². The molecule has 3 heterocycles. The summed E-state index contributed by atoms with van der Waals surface area (Å²) in [5.41, 5.74) is 1.10. The van der Waals surface area contributed by atoms with Crippen LogP contribution in [0.25, 0.3) is 0 Å². The predicted octanol–water partition coefficient (Wildman–Crippen LogP) is 3.69. The number of nitrogens with one attached hydrogen (secondary N) is 1. The van der Waals surface area contributed by atoms with Gasteiger partial charge in [-0.05, 0) is 48.9 Å². The van der Waals surface area contributed by atoms with Gasteiger partial charge in [0.25, 0.3) is 0 Å². The first kappa shape index (κ1) is 21.1. The minimum atomic E-state index is -0.258. The highest BCUT2D eigenvalue weighted by Crippen LogP contribution is 2.29. The molecule has 1 aromatic heterocycles. The Kier molecular flexibility index (Phi) is 6.85. The Labute approximate surface area is 183 Å². The van der Waals surface area contributed by atoms with Crippen molar-refractivity contribution in [3.8, 4) is 0 Å². The zero-order chi connectivity index (χ0) is 20.9. The van der Waals surface area contributed by atoms with Gasteiger partial charge in [0.15, 0.2) is 0 Å². The molecule has 5 nitrogen and oxygen atoms in total. The standard InChI is InChI=1S/C24H31N3O2S/c1-18-9-11-26(12-10-18)21(22-8-5-13-30-22)15-25-24(29)20-14-23(28)27(17-20)16-19-6-3-2-4-7-19/h2-8,13,18,20-21H,9-12,14-17H2,1H3,(H,25,29). The van der Waals surface area contributed by atoms with E-state index < -0.39 is 0 Å². The number of likely N-dealkylation sites (tertiary alicyclic amines) is 2. The van der Waals surface area contributed by atoms with E-state index in [9.17, 15) is 9.59 Å². The first-order chi connectivity index (χ1) is 14.6. The highest BCUT2D eigenvalue weighted by Gasteiger charge is 2.35. The zero-order valence-corrected chi connectivity index (χ0v) is 18.4. The minimum absolute atomic E-state index is 0.00541. The molecular weight excluding hydrogens is 394 g/mol. The summed E-state index contributed by atoms with van der Waals surface area (Å²) in [5.74, 6) is 0.594. The van der Waals surface area contributed by atoms with Crippen LogP contribution in [0.3, 0.4) is 0 Å². The molecule has 160 valence electrons. The van der Waals surface area contributed by atoms with Crippen molar-refractivity contribution in [2.75, 3.05) is 26.2 Å². The average molecular weight is 426 g/mol. The van der Waals surface area contributed by atoms with Gasteiger partial charge in [-0.25, -0.2) is 0 Å². The average Bonchev–Trinajstić information content (AvgIpc) is 3.41. The molecule has 2 amide bonds. The van der Waals surface area contributed by atoms with E-state index in [0.29, 0.717) is 26.1 Å². The first-order valence-electron chi connectivity index (χ1n) is 11.0. The summed E-state index contributed by atoms with van der Waals surface area (Å²) in [7, 11) is 0. The van der Waals surface area contributed by atoms with Crippen LogP contribution >= 0.6 is 11.3 Å². The number of rotatable bonds is 7. The van der Waals surface area contributed by atoms with Crippen molar-refractivity contribution in [1.82, 2.24) is 15.1 Å². The Morgan fingerprint density at radius 2 is 1.93 bits per heavy atom. The monoisotopic (exact) mass is 425 g/mol. The van der Waals surface area contributed by atoms with E-state index in [1.54, 1.807) is 11.3 Å². The summed E-state index contributed by atoms with van der Waals surface area (Å²) >= 11 is 1.76. The molecule has 1 aromatic carbocycles. The molecule has 0 radical (unpaired) electrons. The van der Waals surface area contributed by atoms with Crippen molar-refractivity contribution < 1.29 is 9.59 Å². The van der Waals surface area contributed by atoms with E-state index in [0.717, 1.165) is 24.6 Å². The van der Waals surface area contributed by atoms with Crippen molar-refractivity contribution in [2.24, 2.45) is 11.8 Å². The fraction of sp³-hybridized carbons (Fsp3) is 0.500. The number of thiophene rings is 1. The third kappa shape index (κ3) is 5.10. The van der Waals surface area contributed by atoms with Gasteiger partial charge in [-0.15, -0.1) is 11.3 Å². The highest BCUT2D eigenvalue weighted by molar-refractivity contribution is 7.10. The third-order valence-corrected chi connectivity index (χ3v) is 7.38. The van der Waals surface area contributed by atoms with Crippen LogP contribution in [-0.2, 0) is 16.1 Å². The van der Waals surface area contributed by atoms with Gasteiger partial charge >= 0.3 is 0 Å². The predicted molar refractivity (Wildman–Crippen MR) is 120 cm³/mol. The van der Waals surface area contributed by atoms with Gasteiger partial charge in [0.2, 0.25) is 11.8 Å². The van der Waals surface area contributed by atoms with E-state index in [2.05, 4.69) is 34.7 Å². The quantitative estimate of drug-likeness (QED) is 0.736. The lowest BCUT2D eigenvalue weighted by Crippen LogP contribution is -2.43. The van der Waals surface area contributed by atoms with E-state index >= 15 is 0 Å². The lowest BCUT2D eigenvalue weighted by Gasteiger charge is -2.36. The summed E-state index contributed by atoms with van der Waals surface area (Å²) in [5, 5.41) is 5.28. The van der Waals surface area contributed by atoms with Crippen molar-refractivity contribution in [3.05, 3.63) is 58.3 Å². The Morgan fingerprint density at radius 1 is 1.17 bits per heavy atom. The molecule has 2 saturated heterocycles. The molecule has 2 aliphatic rings. The molecule has 0 aliphatic carbocycles. The molecule has 0 saturated carbocycles. The number of nitrogens with zero attached hydrogens (tertiary/aromatic N) is 2. The molecule has 2 unspecified atom stereocenters. The number of hydrogen-bond donors (Lipinski definition) is 1. The lowest BCUT2D eigenvalue weighted by molar-refractivity contribution is -0.129. The maximum absolute atomic E-state index is 12.9. The van der Waals surface area contributed by atoms with Crippen LogP contribution in [-0.4, -0.2) is 47.8 Å². The fourth-order valence-corrected chi connectivity index (χ4v) is 5.34. The number of piperidine rings is 1. The van der Waals surface area contributed by atoms with E-state index in [-0.39, 0.29) is 23.8 Å². The molecule has 6 heteroatoms. The third-order valence-electron chi connectivity index (χ3n) is 6.40. The molecule has 0 spiro atoms. The normalized spacial score (nSPS) is 21.7. The second kappa shape index (κ2) is 9.75. The van der Waals surface area contributed by atoms with Crippen LogP contribution in [0.4, 0.5) is 0 Å². The molecule has 4 rings (SSSR count). The topological polar surface area (TPSA) is 52.7 Å². The van der Waals surface area contributed by atoms with Gasteiger partial charge in [0, 0.05) is 30.9 Å². The van der Waals surface area contributed by atoms with Crippen molar-refractivity contribution >= 4 is 23.2 Å². The Bertz CT molecular complexity index is 831. The molecule has 1 N–H and O–H groups in total. The number of amides is 2. The van der Waals surface area contributed by atoms with Gasteiger partial charge in [-0.3, -0.25) is 14.5 Å². The molecular formula is C24H31N3O2S. The van der Waals surface area contributed by atoms with Gasteiger partial charge < -0.3 is 10.2 Å². The smallest absolute Gasteiger partial charge is 0.225 e. The van der Waals surface area contributed by atoms with Crippen LogP contribution in [0.1, 0.15) is 42.7 Å². The van der Waals surface area contributed by atoms with Crippen molar-refractivity contribution in [1.29, 1.82) is 0 Å². The summed E-state index contributed by atoms with van der Waals surface area (Å²) in [6.07, 6.45) is 2.73. The van der Waals surface area contributed by atoms with Crippen LogP contribution in [0, 0.1) is 11.8 Å². The molecule has 2 atom stereocenters. The number of carbonyl (C=O) groups excluding carboxylic acids is 2. The Hall–Kier alpha value is -2.18. The van der Waals surface area contributed by atoms with Crippen LogP contribution in [0.15, 0.2) is 47.8 Å². The molecule has 0 bridgehead atoms. The second-order valence-electron chi connectivity index (χ2n) is 8.66. The maximum Gasteiger partial charge on any atom is 0.225 e. The minimum Gasteiger partial charge on any atom is -0.354 e. The Balaban J connectivity index is 1.34. The zero-order valence-electron chi connectivity index (χ0n) is 17.6. The van der Waals surface area contributed by atoms with E-state index in [4.69, 9.17) is 0 Å². The van der Waals surface area contributed by atoms with Gasteiger partial charge in [-0.1, -0.05) is 43.3 Å². The molecule has 30 heavy (non-hydrogen) atoms. The molecule has 2 fully saturated rings. The van der Waals surface area contributed by atoms with Crippen LogP contribution < -0.4 is 5.32 Å². The Morgan fingerprint density at radius 3 is 2.63 bits per heavy atom. The number of carbonyl (C=O) groups is 2. The molecule has 2 aliphatic heterocycles. The van der Waals surface area contributed by atoms with Gasteiger partial charge in [-0.2, -0.15) is 0 Å². The van der Waals surface area contributed by atoms with Gasteiger partial charge in [0.1, 0.15) is 0 Å². The van der Waals surface area contributed by atoms with E-state index in [1.807, 2.05) is 35.2 Å². The summed E-state index contributed by atoms with van der Waals surface area (Å²) < 4.78 is 0. The summed E-state index contributed by atoms with van der Waals surface area (Å²) in [4.78, 5) is 30.9. The molecule has 2 aromatic rings. The second-order valence-corrected chi connectivity index (χ2v) is 9.64. The summed E-state index contributed by atoms with van der Waals surface area (Å²) in [6, 6.07) is 14.4. The highest BCUT2D eigenvalue weighted by atomic mass is 32.1. The number of benzene rings is 1. The van der Waals surface area contributed by atoms with Crippen molar-refractivity contribution in [2.45, 2.75) is 38.8 Å². The lowest BCUT2D eigenvalue weighted by atomic mass is 9.97. The van der Waals surface area contributed by atoms with Crippen LogP contribution in [0.2, 0.25) is 0 Å². The summed E-state index contributed by atoms with van der Waals surface area (Å²) in [6.45, 7) is 6.16. The largest absolute Gasteiger partial charge is 0.354 e. The van der Waals surface area contributed by atoms with Crippen molar-refractivity contribution in [3.63, 3.8) is 0 Å². The van der Waals surface area contributed by atoms with E-state index in [1.165, 1.54) is 17.7 Å².